The molecule has 0 bridgehead atoms. The number of rotatable bonds is 7. The van der Waals surface area contributed by atoms with E-state index >= 15 is 0 Å². The Morgan fingerprint density at radius 3 is 2.35 bits per heavy atom. The van der Waals surface area contributed by atoms with Crippen LogP contribution in [-0.4, -0.2) is 35.7 Å². The van der Waals surface area contributed by atoms with Gasteiger partial charge in [0.05, 0.1) is 12.3 Å². The van der Waals surface area contributed by atoms with Crippen LogP contribution < -0.4 is 15.8 Å². The fraction of sp³-hybridized carbons (Fsp3) is 0.348. The van der Waals surface area contributed by atoms with Gasteiger partial charge in [0, 0.05) is 11.1 Å². The molecule has 3 amide bonds. The van der Waals surface area contributed by atoms with Crippen molar-refractivity contribution in [2.75, 3.05) is 11.6 Å². The SMILES string of the molecule is CCOC(=O)NN(C(=O)[C@H](CC(C)C)NC(=O)c1cccc(O)c1C)c1ccccc1. The molecule has 8 heteroatoms. The number of para-hydroxylation sites is 1. The number of ether oxygens (including phenoxy) is 1. The predicted molar refractivity (Wildman–Crippen MR) is 118 cm³/mol. The number of phenols is 1. The average Bonchev–Trinajstić information content (AvgIpc) is 2.73. The maximum atomic E-state index is 13.4. The molecule has 2 aromatic rings. The molecule has 31 heavy (non-hydrogen) atoms. The highest BCUT2D eigenvalue weighted by Gasteiger charge is 2.30. The van der Waals surface area contributed by atoms with Gasteiger partial charge in [0.25, 0.3) is 11.8 Å². The topological polar surface area (TPSA) is 108 Å². The van der Waals surface area contributed by atoms with Gasteiger partial charge in [-0.05, 0) is 50.5 Å². The minimum atomic E-state index is -0.920. The van der Waals surface area contributed by atoms with Crippen molar-refractivity contribution in [2.24, 2.45) is 5.92 Å². The average molecular weight is 428 g/mol. The van der Waals surface area contributed by atoms with Gasteiger partial charge < -0.3 is 15.2 Å². The first kappa shape index (κ1) is 23.7. The number of carbonyl (C=O) groups is 3. The maximum Gasteiger partial charge on any atom is 0.426 e. The zero-order valence-electron chi connectivity index (χ0n) is 18.2. The van der Waals surface area contributed by atoms with E-state index in [4.69, 9.17) is 4.74 Å². The van der Waals surface area contributed by atoms with Crippen LogP contribution in [0.2, 0.25) is 0 Å². The number of benzene rings is 2. The lowest BCUT2D eigenvalue weighted by Crippen LogP contribution is -2.55. The minimum absolute atomic E-state index is 0.00530. The van der Waals surface area contributed by atoms with Crippen LogP contribution in [0.4, 0.5) is 10.5 Å². The Bertz CT molecular complexity index is 915. The number of nitrogens with one attached hydrogen (secondary N) is 2. The first-order chi connectivity index (χ1) is 14.7. The Balaban J connectivity index is 2.34. The third-order valence-corrected chi connectivity index (χ3v) is 4.57. The molecule has 2 aromatic carbocycles. The third-order valence-electron chi connectivity index (χ3n) is 4.57. The van der Waals surface area contributed by atoms with Gasteiger partial charge in [-0.2, -0.15) is 0 Å². The Kier molecular flexibility index (Phi) is 8.43. The summed E-state index contributed by atoms with van der Waals surface area (Å²) in [4.78, 5) is 38.4. The molecule has 3 N–H and O–H groups in total. The van der Waals surface area contributed by atoms with E-state index in [9.17, 15) is 19.5 Å². The van der Waals surface area contributed by atoms with E-state index in [1.54, 1.807) is 56.3 Å². The molecule has 0 fully saturated rings. The van der Waals surface area contributed by atoms with Crippen LogP contribution >= 0.6 is 0 Å². The highest BCUT2D eigenvalue weighted by molar-refractivity contribution is 6.03. The molecule has 0 spiro atoms. The molecule has 0 radical (unpaired) electrons. The van der Waals surface area contributed by atoms with E-state index in [1.165, 1.54) is 6.07 Å². The molecular formula is C23H29N3O5. The Labute approximate surface area is 182 Å². The van der Waals surface area contributed by atoms with Gasteiger partial charge in [-0.1, -0.05) is 38.1 Å². The van der Waals surface area contributed by atoms with Crippen LogP contribution in [0.25, 0.3) is 0 Å². The quantitative estimate of drug-likeness (QED) is 0.586. The lowest BCUT2D eigenvalue weighted by molar-refractivity contribution is -0.121. The number of hydrazine groups is 1. The van der Waals surface area contributed by atoms with Gasteiger partial charge >= 0.3 is 6.09 Å². The largest absolute Gasteiger partial charge is 0.508 e. The lowest BCUT2D eigenvalue weighted by Gasteiger charge is -2.28. The van der Waals surface area contributed by atoms with Gasteiger partial charge in [-0.3, -0.25) is 9.59 Å². The first-order valence-corrected chi connectivity index (χ1v) is 10.2. The Morgan fingerprint density at radius 1 is 1.06 bits per heavy atom. The zero-order chi connectivity index (χ0) is 23.0. The highest BCUT2D eigenvalue weighted by atomic mass is 16.6. The molecule has 2 rings (SSSR count). The number of amides is 3. The number of hydrogen-bond acceptors (Lipinski definition) is 5. The summed E-state index contributed by atoms with van der Waals surface area (Å²) in [5.41, 5.74) is 3.57. The van der Waals surface area contributed by atoms with Crippen molar-refractivity contribution in [2.45, 2.75) is 40.2 Å². The molecule has 0 unspecified atom stereocenters. The molecule has 0 aliphatic heterocycles. The number of aromatic hydroxyl groups is 1. The second-order valence-corrected chi connectivity index (χ2v) is 7.45. The monoisotopic (exact) mass is 427 g/mol. The van der Waals surface area contributed by atoms with Gasteiger partial charge in [0.1, 0.15) is 11.8 Å². The summed E-state index contributed by atoms with van der Waals surface area (Å²) < 4.78 is 4.93. The van der Waals surface area contributed by atoms with Crippen molar-refractivity contribution in [1.29, 1.82) is 0 Å². The molecule has 8 nitrogen and oxygen atoms in total. The first-order valence-electron chi connectivity index (χ1n) is 10.2. The third kappa shape index (κ3) is 6.47. The molecule has 0 heterocycles. The van der Waals surface area contributed by atoms with Crippen LogP contribution in [0.1, 0.15) is 43.1 Å². The van der Waals surface area contributed by atoms with E-state index < -0.39 is 23.9 Å². The normalized spacial score (nSPS) is 11.5. The van der Waals surface area contributed by atoms with Crippen LogP contribution in [0.5, 0.6) is 5.75 Å². The van der Waals surface area contributed by atoms with E-state index in [-0.39, 0.29) is 23.8 Å². The van der Waals surface area contributed by atoms with Crippen LogP contribution in [0.15, 0.2) is 48.5 Å². The Hall–Kier alpha value is -3.55. The minimum Gasteiger partial charge on any atom is -0.508 e. The molecule has 1 atom stereocenters. The van der Waals surface area contributed by atoms with Crippen molar-refractivity contribution >= 4 is 23.6 Å². The number of phenolic OH excluding ortho intramolecular Hbond substituents is 1. The lowest BCUT2D eigenvalue weighted by atomic mass is 10.0. The smallest absolute Gasteiger partial charge is 0.426 e. The van der Waals surface area contributed by atoms with Gasteiger partial charge in [-0.15, -0.1) is 0 Å². The maximum absolute atomic E-state index is 13.4. The number of carbonyl (C=O) groups excluding carboxylic acids is 3. The summed E-state index contributed by atoms with van der Waals surface area (Å²) >= 11 is 0. The molecule has 0 aliphatic carbocycles. The predicted octanol–water partition coefficient (Wildman–Crippen LogP) is 3.54. The van der Waals surface area contributed by atoms with Crippen LogP contribution in [-0.2, 0) is 9.53 Å². The van der Waals surface area contributed by atoms with Crippen molar-refractivity contribution < 1.29 is 24.2 Å². The number of anilines is 1. The van der Waals surface area contributed by atoms with Crippen molar-refractivity contribution in [3.8, 4) is 5.75 Å². The second kappa shape index (κ2) is 11.0. The summed E-state index contributed by atoms with van der Waals surface area (Å²) in [6, 6.07) is 12.3. The fourth-order valence-electron chi connectivity index (χ4n) is 3.03. The summed E-state index contributed by atoms with van der Waals surface area (Å²) in [6.45, 7) is 7.29. The second-order valence-electron chi connectivity index (χ2n) is 7.45. The van der Waals surface area contributed by atoms with Crippen molar-refractivity contribution in [1.82, 2.24) is 10.7 Å². The molecular weight excluding hydrogens is 398 g/mol. The van der Waals surface area contributed by atoms with E-state index in [1.807, 2.05) is 13.8 Å². The van der Waals surface area contributed by atoms with Crippen molar-refractivity contribution in [3.63, 3.8) is 0 Å². The summed E-state index contributed by atoms with van der Waals surface area (Å²) in [7, 11) is 0. The highest BCUT2D eigenvalue weighted by Crippen LogP contribution is 2.21. The van der Waals surface area contributed by atoms with Gasteiger partial charge in [0.15, 0.2) is 0 Å². The summed E-state index contributed by atoms with van der Waals surface area (Å²) in [5, 5.41) is 13.7. The van der Waals surface area contributed by atoms with Gasteiger partial charge in [-0.25, -0.2) is 15.2 Å². The Morgan fingerprint density at radius 2 is 1.74 bits per heavy atom. The summed E-state index contributed by atoms with van der Waals surface area (Å²) in [5.74, 6) is -0.926. The molecule has 166 valence electrons. The van der Waals surface area contributed by atoms with Crippen molar-refractivity contribution in [3.05, 3.63) is 59.7 Å². The van der Waals surface area contributed by atoms with E-state index in [0.717, 1.165) is 5.01 Å². The standard InChI is InChI=1S/C23H29N3O5/c1-5-31-23(30)25-26(17-10-7-6-8-11-17)22(29)19(14-15(2)3)24-21(28)18-12-9-13-20(27)16(18)4/h6-13,15,19,27H,5,14H2,1-4H3,(H,24,28)(H,25,30)/t19-/m0/s1. The molecule has 0 aromatic heterocycles. The van der Waals surface area contributed by atoms with E-state index in [2.05, 4.69) is 10.7 Å². The molecule has 0 aliphatic rings. The van der Waals surface area contributed by atoms with Crippen LogP contribution in [0, 0.1) is 12.8 Å². The van der Waals surface area contributed by atoms with Gasteiger partial charge in [0.2, 0.25) is 0 Å². The number of nitrogens with zero attached hydrogens (tertiary/aromatic N) is 1. The fourth-order valence-corrected chi connectivity index (χ4v) is 3.03. The van der Waals surface area contributed by atoms with E-state index in [0.29, 0.717) is 17.7 Å². The molecule has 0 saturated heterocycles. The zero-order valence-corrected chi connectivity index (χ0v) is 18.2. The summed E-state index contributed by atoms with van der Waals surface area (Å²) in [6.07, 6.45) is -0.436. The molecule has 0 saturated carbocycles. The van der Waals surface area contributed by atoms with Crippen LogP contribution in [0.3, 0.4) is 0 Å². The number of hydrogen-bond donors (Lipinski definition) is 3.